The number of hydrogen-bond donors (Lipinski definition) is 2. The second kappa shape index (κ2) is 6.88. The van der Waals surface area contributed by atoms with Gasteiger partial charge in [-0.15, -0.1) is 0 Å². The van der Waals surface area contributed by atoms with Crippen LogP contribution in [0.4, 0.5) is 4.79 Å². The highest BCUT2D eigenvalue weighted by Gasteiger charge is 2.27. The topological polar surface area (TPSA) is 98.5 Å². The minimum atomic E-state index is -1.08. The van der Waals surface area contributed by atoms with Crippen molar-refractivity contribution in [2.75, 3.05) is 0 Å². The number of nitrogens with two attached hydrogens (primary N) is 1. The molecule has 0 aliphatic rings. The lowest BCUT2D eigenvalue weighted by Gasteiger charge is -2.20. The summed E-state index contributed by atoms with van der Waals surface area (Å²) in [5.41, 5.74) is 7.26. The van der Waals surface area contributed by atoms with Crippen LogP contribution in [0, 0.1) is 19.8 Å². The van der Waals surface area contributed by atoms with Crippen LogP contribution in [0.1, 0.15) is 35.3 Å². The number of carbonyl (C=O) groups excluding carboxylic acids is 3. The number of benzene rings is 1. The number of amides is 3. The second-order valence-electron chi connectivity index (χ2n) is 5.22. The van der Waals surface area contributed by atoms with Crippen molar-refractivity contribution in [3.05, 3.63) is 34.9 Å². The lowest BCUT2D eigenvalue weighted by Crippen LogP contribution is -2.45. The lowest BCUT2D eigenvalue weighted by atomic mass is 10.1. The normalized spacial score (nSPS) is 11.9. The maximum absolute atomic E-state index is 12.1. The Balaban J connectivity index is 2.88. The Hall–Kier alpha value is -2.37. The van der Waals surface area contributed by atoms with Crippen molar-refractivity contribution in [2.45, 2.75) is 33.8 Å². The van der Waals surface area contributed by atoms with E-state index in [0.29, 0.717) is 5.56 Å². The summed E-state index contributed by atoms with van der Waals surface area (Å²) in [4.78, 5) is 34.6. The van der Waals surface area contributed by atoms with Crippen LogP contribution in [-0.4, -0.2) is 24.0 Å². The summed E-state index contributed by atoms with van der Waals surface area (Å²) < 4.78 is 5.20. The maximum atomic E-state index is 12.1. The van der Waals surface area contributed by atoms with E-state index in [4.69, 9.17) is 10.5 Å². The van der Waals surface area contributed by atoms with Crippen LogP contribution in [0.3, 0.4) is 0 Å². The van der Waals surface area contributed by atoms with Gasteiger partial charge in [-0.2, -0.15) is 0 Å². The van der Waals surface area contributed by atoms with E-state index in [0.717, 1.165) is 11.1 Å². The van der Waals surface area contributed by atoms with Gasteiger partial charge in [0.1, 0.15) is 0 Å². The highest BCUT2D eigenvalue weighted by Crippen LogP contribution is 2.14. The van der Waals surface area contributed by atoms with Crippen molar-refractivity contribution in [1.82, 2.24) is 5.32 Å². The molecule has 0 saturated heterocycles. The van der Waals surface area contributed by atoms with Crippen LogP contribution in [0.2, 0.25) is 0 Å². The largest absolute Gasteiger partial charge is 0.448 e. The molecule has 3 amide bonds. The molecule has 1 atom stereocenters. The number of hydrogen-bond acceptors (Lipinski definition) is 4. The zero-order valence-corrected chi connectivity index (χ0v) is 12.6. The molecule has 1 aromatic carbocycles. The van der Waals surface area contributed by atoms with Gasteiger partial charge in [-0.05, 0) is 43.0 Å². The fourth-order valence-corrected chi connectivity index (χ4v) is 1.74. The molecule has 0 spiro atoms. The van der Waals surface area contributed by atoms with Gasteiger partial charge in [-0.25, -0.2) is 9.59 Å². The fourth-order valence-electron chi connectivity index (χ4n) is 1.74. The zero-order valence-electron chi connectivity index (χ0n) is 12.6. The fraction of sp³-hybridized carbons (Fsp3) is 0.400. The third-order valence-electron chi connectivity index (χ3n) is 3.09. The summed E-state index contributed by atoms with van der Waals surface area (Å²) in [6, 6.07) is 4.15. The monoisotopic (exact) mass is 292 g/mol. The Morgan fingerprint density at radius 2 is 1.76 bits per heavy atom. The molecular weight excluding hydrogens is 272 g/mol. The maximum Gasteiger partial charge on any atom is 0.338 e. The number of urea groups is 1. The molecular formula is C15H20N2O4. The highest BCUT2D eigenvalue weighted by molar-refractivity contribution is 5.98. The summed E-state index contributed by atoms with van der Waals surface area (Å²) in [5.74, 6) is -1.63. The average molecular weight is 292 g/mol. The van der Waals surface area contributed by atoms with E-state index in [9.17, 15) is 14.4 Å². The first-order chi connectivity index (χ1) is 9.72. The molecule has 1 aromatic rings. The zero-order chi connectivity index (χ0) is 16.2. The first-order valence-corrected chi connectivity index (χ1v) is 6.61. The summed E-state index contributed by atoms with van der Waals surface area (Å²) in [6.45, 7) is 7.23. The van der Waals surface area contributed by atoms with Gasteiger partial charge in [0.15, 0.2) is 6.10 Å². The number of rotatable bonds is 4. The number of ether oxygens (including phenoxy) is 1. The van der Waals surface area contributed by atoms with Crippen LogP contribution >= 0.6 is 0 Å². The van der Waals surface area contributed by atoms with E-state index >= 15 is 0 Å². The van der Waals surface area contributed by atoms with Gasteiger partial charge < -0.3 is 10.5 Å². The summed E-state index contributed by atoms with van der Waals surface area (Å²) in [7, 11) is 0. The van der Waals surface area contributed by atoms with Gasteiger partial charge >= 0.3 is 12.0 Å². The van der Waals surface area contributed by atoms with Gasteiger partial charge in [0, 0.05) is 0 Å². The molecule has 6 heteroatoms. The predicted octanol–water partition coefficient (Wildman–Crippen LogP) is 1.68. The summed E-state index contributed by atoms with van der Waals surface area (Å²) >= 11 is 0. The number of nitrogens with one attached hydrogen (secondary N) is 1. The standard InChI is InChI=1S/C15H20N2O4/c1-8(2)12(13(18)17-15(16)20)21-14(19)11-6-5-9(3)10(4)7-11/h5-8,12H,1-4H3,(H3,16,17,18,20)/t12-/m0/s1. The molecule has 0 unspecified atom stereocenters. The molecule has 0 aliphatic heterocycles. The number of esters is 1. The molecule has 0 aliphatic carbocycles. The Bertz CT molecular complexity index is 567. The quantitative estimate of drug-likeness (QED) is 0.825. The van der Waals surface area contributed by atoms with E-state index in [1.807, 2.05) is 19.2 Å². The minimum absolute atomic E-state index is 0.292. The van der Waals surface area contributed by atoms with Gasteiger partial charge in [-0.3, -0.25) is 10.1 Å². The molecule has 0 aromatic heterocycles. The molecule has 0 saturated carbocycles. The van der Waals surface area contributed by atoms with Crippen molar-refractivity contribution in [1.29, 1.82) is 0 Å². The minimum Gasteiger partial charge on any atom is -0.448 e. The molecule has 0 bridgehead atoms. The third kappa shape index (κ3) is 4.59. The third-order valence-corrected chi connectivity index (χ3v) is 3.09. The van der Waals surface area contributed by atoms with Crippen molar-refractivity contribution in [2.24, 2.45) is 11.7 Å². The Labute approximate surface area is 123 Å². The smallest absolute Gasteiger partial charge is 0.338 e. The molecule has 1 rings (SSSR count). The molecule has 0 heterocycles. The van der Waals surface area contributed by atoms with Crippen molar-refractivity contribution in [3.8, 4) is 0 Å². The predicted molar refractivity (Wildman–Crippen MR) is 77.7 cm³/mol. The second-order valence-corrected chi connectivity index (χ2v) is 5.22. The van der Waals surface area contributed by atoms with E-state index in [1.165, 1.54) is 0 Å². The van der Waals surface area contributed by atoms with Crippen LogP contribution in [0.15, 0.2) is 18.2 Å². The van der Waals surface area contributed by atoms with E-state index < -0.39 is 24.0 Å². The Morgan fingerprint density at radius 3 is 2.24 bits per heavy atom. The van der Waals surface area contributed by atoms with Crippen LogP contribution in [0.25, 0.3) is 0 Å². The van der Waals surface area contributed by atoms with Crippen molar-refractivity contribution < 1.29 is 19.1 Å². The number of primary amides is 1. The van der Waals surface area contributed by atoms with Gasteiger partial charge in [0.25, 0.3) is 5.91 Å². The summed E-state index contributed by atoms with van der Waals surface area (Å²) in [5, 5.41) is 1.92. The van der Waals surface area contributed by atoms with Crippen molar-refractivity contribution >= 4 is 17.9 Å². The van der Waals surface area contributed by atoms with Gasteiger partial charge in [0.05, 0.1) is 5.56 Å². The molecule has 21 heavy (non-hydrogen) atoms. The Morgan fingerprint density at radius 1 is 1.14 bits per heavy atom. The van der Waals surface area contributed by atoms with Gasteiger partial charge in [0.2, 0.25) is 0 Å². The molecule has 3 N–H and O–H groups in total. The van der Waals surface area contributed by atoms with E-state index in [-0.39, 0.29) is 5.92 Å². The van der Waals surface area contributed by atoms with Crippen molar-refractivity contribution in [3.63, 3.8) is 0 Å². The van der Waals surface area contributed by atoms with E-state index in [2.05, 4.69) is 0 Å². The highest BCUT2D eigenvalue weighted by atomic mass is 16.5. The average Bonchev–Trinajstić information content (AvgIpc) is 2.37. The number of aryl methyl sites for hydroxylation is 2. The van der Waals surface area contributed by atoms with Crippen LogP contribution < -0.4 is 11.1 Å². The lowest BCUT2D eigenvalue weighted by molar-refractivity contribution is -0.130. The molecule has 6 nitrogen and oxygen atoms in total. The summed E-state index contributed by atoms with van der Waals surface area (Å²) in [6.07, 6.45) is -1.08. The van der Waals surface area contributed by atoms with Gasteiger partial charge in [-0.1, -0.05) is 19.9 Å². The van der Waals surface area contributed by atoms with Crippen LogP contribution in [-0.2, 0) is 9.53 Å². The number of carbonyl (C=O) groups is 3. The molecule has 114 valence electrons. The molecule has 0 radical (unpaired) electrons. The van der Waals surface area contributed by atoms with E-state index in [1.54, 1.807) is 32.0 Å². The first kappa shape index (κ1) is 16.7. The van der Waals surface area contributed by atoms with Crippen LogP contribution in [0.5, 0.6) is 0 Å². The SMILES string of the molecule is Cc1ccc(C(=O)O[C@H](C(=O)NC(N)=O)C(C)C)cc1C. The Kier molecular flexibility index (Phi) is 5.46. The number of imide groups is 1. The molecule has 0 fully saturated rings. The first-order valence-electron chi connectivity index (χ1n) is 6.61.